The van der Waals surface area contributed by atoms with Gasteiger partial charge in [-0.1, -0.05) is 24.2 Å². The van der Waals surface area contributed by atoms with Crippen LogP contribution in [0.5, 0.6) is 0 Å². The molecule has 0 aliphatic carbocycles. The maximum Gasteiger partial charge on any atom is 0.241 e. The summed E-state index contributed by atoms with van der Waals surface area (Å²) in [5.74, 6) is 0.441. The molecular weight excluding hydrogens is 314 g/mol. The first-order chi connectivity index (χ1) is 11.0. The van der Waals surface area contributed by atoms with Crippen molar-refractivity contribution in [3.05, 3.63) is 36.5 Å². The Morgan fingerprint density at radius 3 is 2.87 bits per heavy atom. The first kappa shape index (κ1) is 16.2. The molecule has 3 rings (SSSR count). The Bertz CT molecular complexity index is 751. The molecule has 2 N–H and O–H groups in total. The van der Waals surface area contributed by atoms with E-state index >= 15 is 0 Å². The van der Waals surface area contributed by atoms with E-state index < -0.39 is 10.0 Å². The number of aromatic nitrogens is 1. The average Bonchev–Trinajstić information content (AvgIpc) is 3.08. The Hall–Kier alpha value is -1.70. The second kappa shape index (κ2) is 6.43. The van der Waals surface area contributed by atoms with Crippen molar-refractivity contribution < 1.29 is 12.9 Å². The lowest BCUT2D eigenvalue weighted by Gasteiger charge is -2.34. The molecule has 6 nitrogen and oxygen atoms in total. The summed E-state index contributed by atoms with van der Waals surface area (Å²) in [7, 11) is -3.62. The second-order valence-electron chi connectivity index (χ2n) is 6.29. The van der Waals surface area contributed by atoms with Crippen molar-refractivity contribution in [3.63, 3.8) is 0 Å². The summed E-state index contributed by atoms with van der Waals surface area (Å²) in [5, 5.41) is 6.98. The van der Waals surface area contributed by atoms with Crippen LogP contribution >= 0.6 is 0 Å². The summed E-state index contributed by atoms with van der Waals surface area (Å²) in [4.78, 5) is 0.212. The van der Waals surface area contributed by atoms with E-state index in [0.717, 1.165) is 25.9 Å². The molecule has 1 fully saturated rings. The highest BCUT2D eigenvalue weighted by Gasteiger charge is 2.29. The molecule has 1 aliphatic heterocycles. The van der Waals surface area contributed by atoms with Crippen LogP contribution < -0.4 is 10.0 Å². The van der Waals surface area contributed by atoms with Crippen LogP contribution in [0.25, 0.3) is 11.3 Å². The van der Waals surface area contributed by atoms with Crippen LogP contribution in [0, 0.1) is 5.41 Å². The molecule has 0 amide bonds. The van der Waals surface area contributed by atoms with E-state index in [1.807, 2.05) is 0 Å². The van der Waals surface area contributed by atoms with E-state index in [0.29, 0.717) is 17.9 Å². The molecule has 1 aromatic carbocycles. The molecule has 0 saturated carbocycles. The predicted molar refractivity (Wildman–Crippen MR) is 87.3 cm³/mol. The Morgan fingerprint density at radius 1 is 1.35 bits per heavy atom. The molecule has 1 aliphatic rings. The maximum absolute atomic E-state index is 12.7. The predicted octanol–water partition coefficient (Wildman–Crippen LogP) is 2.01. The third-order valence-corrected chi connectivity index (χ3v) is 5.71. The van der Waals surface area contributed by atoms with Gasteiger partial charge < -0.3 is 9.84 Å². The van der Waals surface area contributed by atoms with Crippen LogP contribution in [0.15, 0.2) is 45.9 Å². The molecule has 2 heterocycles. The van der Waals surface area contributed by atoms with Gasteiger partial charge in [0.1, 0.15) is 0 Å². The zero-order valence-corrected chi connectivity index (χ0v) is 13.9. The number of nitrogens with one attached hydrogen (secondary N) is 2. The normalized spacial score (nSPS) is 22.1. The Kier molecular flexibility index (Phi) is 4.52. The van der Waals surface area contributed by atoms with Crippen molar-refractivity contribution in [2.45, 2.75) is 24.7 Å². The number of nitrogens with zero attached hydrogens (tertiary/aromatic N) is 1. The minimum atomic E-state index is -3.62. The van der Waals surface area contributed by atoms with Gasteiger partial charge >= 0.3 is 0 Å². The first-order valence-corrected chi connectivity index (χ1v) is 9.19. The average molecular weight is 335 g/mol. The zero-order valence-electron chi connectivity index (χ0n) is 13.1. The smallest absolute Gasteiger partial charge is 0.241 e. The van der Waals surface area contributed by atoms with Gasteiger partial charge in [0.2, 0.25) is 10.0 Å². The van der Waals surface area contributed by atoms with Gasteiger partial charge in [0.15, 0.2) is 5.76 Å². The lowest BCUT2D eigenvalue weighted by atomic mass is 9.83. The number of hydrogen-bond donors (Lipinski definition) is 2. The van der Waals surface area contributed by atoms with Gasteiger partial charge in [-0.2, -0.15) is 0 Å². The molecule has 1 unspecified atom stereocenters. The van der Waals surface area contributed by atoms with Crippen LogP contribution in [0.2, 0.25) is 0 Å². The number of hydrogen-bond acceptors (Lipinski definition) is 5. The Labute approximate surface area is 136 Å². The molecule has 23 heavy (non-hydrogen) atoms. The second-order valence-corrected chi connectivity index (χ2v) is 8.02. The summed E-state index contributed by atoms with van der Waals surface area (Å²) in [6.45, 7) is 4.33. The van der Waals surface area contributed by atoms with Gasteiger partial charge in [0.25, 0.3) is 0 Å². The van der Waals surface area contributed by atoms with Crippen LogP contribution in [0.4, 0.5) is 0 Å². The van der Waals surface area contributed by atoms with E-state index in [-0.39, 0.29) is 10.3 Å². The number of sulfonamides is 1. The maximum atomic E-state index is 12.7. The molecule has 0 radical (unpaired) electrons. The molecular formula is C16H21N3O3S. The fourth-order valence-corrected chi connectivity index (χ4v) is 4.29. The Balaban J connectivity index is 1.83. The number of benzene rings is 1. The summed E-state index contributed by atoms with van der Waals surface area (Å²) in [6.07, 6.45) is 3.57. The third kappa shape index (κ3) is 3.63. The highest BCUT2D eigenvalue weighted by atomic mass is 32.2. The first-order valence-electron chi connectivity index (χ1n) is 7.71. The number of piperidine rings is 1. The molecule has 0 spiro atoms. The lowest BCUT2D eigenvalue weighted by Crippen LogP contribution is -2.45. The zero-order chi connectivity index (χ0) is 16.3. The van der Waals surface area contributed by atoms with Crippen molar-refractivity contribution in [1.82, 2.24) is 15.2 Å². The van der Waals surface area contributed by atoms with Gasteiger partial charge in [-0.15, -0.1) is 0 Å². The van der Waals surface area contributed by atoms with Gasteiger partial charge in [0.05, 0.1) is 11.1 Å². The van der Waals surface area contributed by atoms with Gasteiger partial charge in [0, 0.05) is 24.7 Å². The van der Waals surface area contributed by atoms with E-state index in [1.165, 1.54) is 6.20 Å². The van der Waals surface area contributed by atoms with E-state index in [1.54, 1.807) is 30.3 Å². The third-order valence-electron chi connectivity index (χ3n) is 4.25. The summed E-state index contributed by atoms with van der Waals surface area (Å²) in [6, 6.07) is 8.45. The van der Waals surface area contributed by atoms with Crippen LogP contribution in [0.1, 0.15) is 19.8 Å². The standard InChI is InChI=1S/C16H21N3O3S/c1-16(8-4-9-17-11-16)12-19-23(20,21)15-6-3-2-5-13(15)14-7-10-18-22-14/h2-3,5-7,10,17,19H,4,8-9,11-12H2,1H3. The lowest BCUT2D eigenvalue weighted by molar-refractivity contribution is 0.238. The van der Waals surface area contributed by atoms with Gasteiger partial charge in [-0.25, -0.2) is 13.1 Å². The minimum absolute atomic E-state index is 0.0630. The Morgan fingerprint density at radius 2 is 2.17 bits per heavy atom. The highest BCUT2D eigenvalue weighted by molar-refractivity contribution is 7.89. The monoisotopic (exact) mass is 335 g/mol. The van der Waals surface area contributed by atoms with Crippen LogP contribution in [-0.4, -0.2) is 33.2 Å². The summed E-state index contributed by atoms with van der Waals surface area (Å²) in [5.41, 5.74) is 0.455. The minimum Gasteiger partial charge on any atom is -0.356 e. The largest absolute Gasteiger partial charge is 0.356 e. The summed E-state index contributed by atoms with van der Waals surface area (Å²) < 4.78 is 33.4. The van der Waals surface area contributed by atoms with Crippen LogP contribution in [-0.2, 0) is 10.0 Å². The van der Waals surface area contributed by atoms with Gasteiger partial charge in [-0.3, -0.25) is 0 Å². The van der Waals surface area contributed by atoms with Crippen molar-refractivity contribution in [2.75, 3.05) is 19.6 Å². The molecule has 7 heteroatoms. The fraction of sp³-hybridized carbons (Fsp3) is 0.438. The quantitative estimate of drug-likeness (QED) is 0.873. The molecule has 2 aromatic rings. The SMILES string of the molecule is CC1(CNS(=O)(=O)c2ccccc2-c2ccno2)CCCNC1. The van der Waals surface area contributed by atoms with Crippen molar-refractivity contribution in [1.29, 1.82) is 0 Å². The van der Waals surface area contributed by atoms with Crippen molar-refractivity contribution >= 4 is 10.0 Å². The summed E-state index contributed by atoms with van der Waals surface area (Å²) >= 11 is 0. The van der Waals surface area contributed by atoms with Crippen molar-refractivity contribution in [3.8, 4) is 11.3 Å². The van der Waals surface area contributed by atoms with E-state index in [9.17, 15) is 8.42 Å². The van der Waals surface area contributed by atoms with Crippen LogP contribution in [0.3, 0.4) is 0 Å². The molecule has 1 aromatic heterocycles. The molecule has 1 saturated heterocycles. The van der Waals surface area contributed by atoms with E-state index in [2.05, 4.69) is 22.1 Å². The molecule has 0 bridgehead atoms. The van der Waals surface area contributed by atoms with Gasteiger partial charge in [-0.05, 0) is 36.9 Å². The molecule has 124 valence electrons. The van der Waals surface area contributed by atoms with Crippen molar-refractivity contribution in [2.24, 2.45) is 5.41 Å². The van der Waals surface area contributed by atoms with E-state index in [4.69, 9.17) is 4.52 Å². The highest BCUT2D eigenvalue weighted by Crippen LogP contribution is 2.28. The fourth-order valence-electron chi connectivity index (χ4n) is 2.88. The topological polar surface area (TPSA) is 84.2 Å². The molecule has 1 atom stereocenters. The number of rotatable bonds is 5.